The van der Waals surface area contributed by atoms with Crippen LogP contribution in [-0.4, -0.2) is 23.3 Å². The highest BCUT2D eigenvalue weighted by Crippen LogP contribution is 2.11. The van der Waals surface area contributed by atoms with Crippen molar-refractivity contribution in [3.05, 3.63) is 66.8 Å². The topological polar surface area (TPSA) is 49.1 Å². The maximum Gasteiger partial charge on any atom is 0.280 e. The Labute approximate surface area is 123 Å². The lowest BCUT2D eigenvalue weighted by Crippen LogP contribution is -3.11. The van der Waals surface area contributed by atoms with Crippen molar-refractivity contribution in [3.63, 3.8) is 0 Å². The third-order valence-corrected chi connectivity index (χ3v) is 3.39. The fourth-order valence-electron chi connectivity index (χ4n) is 2.24. The summed E-state index contributed by atoms with van der Waals surface area (Å²) in [7, 11) is 0. The minimum absolute atomic E-state index is 0.189. The van der Waals surface area contributed by atoms with Crippen LogP contribution in [0.3, 0.4) is 0 Å². The summed E-state index contributed by atoms with van der Waals surface area (Å²) in [6.07, 6.45) is 5.69. The maximum absolute atomic E-state index is 12.2. The molecule has 0 saturated carbocycles. The second kappa shape index (κ2) is 5.38. The summed E-state index contributed by atoms with van der Waals surface area (Å²) in [5, 5.41) is 2.84. The molecule has 0 aromatic heterocycles. The number of aliphatic imine (C=N–C) groups is 1. The van der Waals surface area contributed by atoms with Gasteiger partial charge in [0.2, 0.25) is 5.84 Å². The Morgan fingerprint density at radius 3 is 2.86 bits per heavy atom. The number of rotatable bonds is 3. The molecule has 106 valence electrons. The van der Waals surface area contributed by atoms with Gasteiger partial charge in [0, 0.05) is 23.7 Å². The summed E-state index contributed by atoms with van der Waals surface area (Å²) in [6.45, 7) is 6.58. The lowest BCUT2D eigenvalue weighted by Gasteiger charge is -2.25. The van der Waals surface area contributed by atoms with Gasteiger partial charge in [-0.05, 0) is 19.1 Å². The molecule has 0 saturated heterocycles. The molecule has 2 aliphatic heterocycles. The van der Waals surface area contributed by atoms with Crippen LogP contribution < -0.4 is 10.2 Å². The minimum Gasteiger partial charge on any atom is -0.320 e. The molecule has 21 heavy (non-hydrogen) atoms. The lowest BCUT2D eigenvalue weighted by atomic mass is 10.3. The van der Waals surface area contributed by atoms with Gasteiger partial charge >= 0.3 is 0 Å². The normalized spacial score (nSPS) is 19.7. The van der Waals surface area contributed by atoms with E-state index in [1.165, 1.54) is 0 Å². The SMILES string of the molecule is C=C(C)N1C=CC2=NC(C(=O)Nc3ccccc3)=C[NH+]2C1. The van der Waals surface area contributed by atoms with E-state index in [0.29, 0.717) is 12.4 Å². The molecule has 5 nitrogen and oxygen atoms in total. The molecule has 1 amide bonds. The van der Waals surface area contributed by atoms with Gasteiger partial charge in [-0.1, -0.05) is 24.8 Å². The quantitative estimate of drug-likeness (QED) is 0.871. The third-order valence-electron chi connectivity index (χ3n) is 3.39. The van der Waals surface area contributed by atoms with Crippen molar-refractivity contribution in [3.8, 4) is 0 Å². The molecule has 2 N–H and O–H groups in total. The zero-order valence-electron chi connectivity index (χ0n) is 11.8. The number of amidine groups is 1. The van der Waals surface area contributed by atoms with Crippen molar-refractivity contribution in [1.29, 1.82) is 0 Å². The predicted octanol–water partition coefficient (Wildman–Crippen LogP) is 1.08. The van der Waals surface area contributed by atoms with E-state index in [-0.39, 0.29) is 5.91 Å². The summed E-state index contributed by atoms with van der Waals surface area (Å²) >= 11 is 0. The summed E-state index contributed by atoms with van der Waals surface area (Å²) in [4.78, 5) is 19.7. The Balaban J connectivity index is 1.73. The second-order valence-corrected chi connectivity index (χ2v) is 5.05. The predicted molar refractivity (Wildman–Crippen MR) is 82.2 cm³/mol. The number of quaternary nitrogens is 1. The van der Waals surface area contributed by atoms with E-state index in [2.05, 4.69) is 16.9 Å². The van der Waals surface area contributed by atoms with Gasteiger partial charge in [-0.3, -0.25) is 4.79 Å². The van der Waals surface area contributed by atoms with Crippen molar-refractivity contribution in [2.75, 3.05) is 12.0 Å². The number of fused-ring (bicyclic) bond motifs is 1. The van der Waals surface area contributed by atoms with Gasteiger partial charge < -0.3 is 10.2 Å². The van der Waals surface area contributed by atoms with E-state index in [1.54, 1.807) is 0 Å². The van der Waals surface area contributed by atoms with Crippen LogP contribution in [0.25, 0.3) is 0 Å². The van der Waals surface area contributed by atoms with Crippen molar-refractivity contribution >= 4 is 17.4 Å². The number of nitrogens with zero attached hydrogens (tertiary/aromatic N) is 2. The number of allylic oxidation sites excluding steroid dienone is 1. The molecule has 0 bridgehead atoms. The first kappa shape index (κ1) is 13.3. The van der Waals surface area contributed by atoms with Crippen molar-refractivity contribution in [2.24, 2.45) is 4.99 Å². The van der Waals surface area contributed by atoms with E-state index >= 15 is 0 Å². The van der Waals surface area contributed by atoms with Crippen molar-refractivity contribution < 1.29 is 9.69 Å². The fraction of sp³-hybridized carbons (Fsp3) is 0.125. The summed E-state index contributed by atoms with van der Waals surface area (Å²) < 4.78 is 0. The number of nitrogens with one attached hydrogen (secondary N) is 2. The Kier molecular flexibility index (Phi) is 3.41. The van der Waals surface area contributed by atoms with Crippen molar-refractivity contribution in [1.82, 2.24) is 4.90 Å². The molecule has 1 unspecified atom stereocenters. The Hall–Kier alpha value is -2.66. The molecule has 1 aromatic rings. The summed E-state index contributed by atoms with van der Waals surface area (Å²) in [5.74, 6) is 0.664. The number of benzene rings is 1. The summed E-state index contributed by atoms with van der Waals surface area (Å²) in [6, 6.07) is 9.37. The molecular weight excluding hydrogens is 264 g/mol. The van der Waals surface area contributed by atoms with Crippen molar-refractivity contribution in [2.45, 2.75) is 6.92 Å². The lowest BCUT2D eigenvalue weighted by molar-refractivity contribution is -0.756. The van der Waals surface area contributed by atoms with Gasteiger partial charge in [-0.25, -0.2) is 4.90 Å². The number of anilines is 1. The first-order valence-corrected chi connectivity index (χ1v) is 6.77. The van der Waals surface area contributed by atoms with Gasteiger partial charge in [-0.15, -0.1) is 0 Å². The average Bonchev–Trinajstić information content (AvgIpc) is 2.91. The summed E-state index contributed by atoms with van der Waals surface area (Å²) in [5.41, 5.74) is 2.17. The molecule has 0 aliphatic carbocycles. The minimum atomic E-state index is -0.189. The molecule has 1 atom stereocenters. The van der Waals surface area contributed by atoms with Crippen LogP contribution in [0.5, 0.6) is 0 Å². The Bertz CT molecular complexity index is 673. The molecular formula is C16H17N4O+. The molecule has 0 radical (unpaired) electrons. The van der Waals surface area contributed by atoms with Gasteiger partial charge in [0.05, 0.1) is 0 Å². The molecule has 0 spiro atoms. The zero-order valence-corrected chi connectivity index (χ0v) is 11.8. The van der Waals surface area contributed by atoms with Gasteiger partial charge in [0.1, 0.15) is 6.20 Å². The van der Waals surface area contributed by atoms with Crippen LogP contribution in [0.4, 0.5) is 5.69 Å². The van der Waals surface area contributed by atoms with E-state index in [4.69, 9.17) is 0 Å². The molecule has 2 heterocycles. The number of amides is 1. The number of hydrogen-bond acceptors (Lipinski definition) is 3. The molecule has 2 aliphatic rings. The third kappa shape index (κ3) is 2.78. The first-order valence-electron chi connectivity index (χ1n) is 6.77. The highest BCUT2D eigenvalue weighted by molar-refractivity contribution is 6.06. The van der Waals surface area contributed by atoms with Crippen LogP contribution in [0, 0.1) is 0 Å². The van der Waals surface area contributed by atoms with Crippen LogP contribution in [-0.2, 0) is 4.79 Å². The Morgan fingerprint density at radius 2 is 2.14 bits per heavy atom. The van der Waals surface area contributed by atoms with Gasteiger partial charge in [0.15, 0.2) is 12.4 Å². The zero-order chi connectivity index (χ0) is 14.8. The van der Waals surface area contributed by atoms with Crippen LogP contribution in [0.2, 0.25) is 0 Å². The number of carbonyl (C=O) groups is 1. The van der Waals surface area contributed by atoms with Crippen LogP contribution >= 0.6 is 0 Å². The monoisotopic (exact) mass is 281 g/mol. The maximum atomic E-state index is 12.2. The fourth-order valence-corrected chi connectivity index (χ4v) is 2.24. The largest absolute Gasteiger partial charge is 0.320 e. The first-order chi connectivity index (χ1) is 10.1. The number of para-hydroxylation sites is 1. The molecule has 5 heteroatoms. The van der Waals surface area contributed by atoms with E-state index in [9.17, 15) is 4.79 Å². The van der Waals surface area contributed by atoms with E-state index in [0.717, 1.165) is 22.1 Å². The van der Waals surface area contributed by atoms with Gasteiger partial charge in [-0.2, -0.15) is 4.99 Å². The smallest absolute Gasteiger partial charge is 0.280 e. The van der Waals surface area contributed by atoms with E-state index < -0.39 is 0 Å². The second-order valence-electron chi connectivity index (χ2n) is 5.05. The molecule has 0 fully saturated rings. The number of carbonyl (C=O) groups excluding carboxylic acids is 1. The van der Waals surface area contributed by atoms with Crippen LogP contribution in [0.1, 0.15) is 6.92 Å². The Morgan fingerprint density at radius 1 is 1.38 bits per heavy atom. The highest BCUT2D eigenvalue weighted by atomic mass is 16.2. The average molecular weight is 281 g/mol. The number of hydrogen-bond donors (Lipinski definition) is 2. The van der Waals surface area contributed by atoms with E-state index in [1.807, 2.05) is 60.6 Å². The standard InChI is InChI=1S/C16H16N4O/c1-12(2)19-9-8-15-18-14(10-20(15)11-19)16(21)17-13-6-4-3-5-7-13/h3-10H,1,11H2,2H3,(H,17,21)/p+1. The van der Waals surface area contributed by atoms with Crippen LogP contribution in [0.15, 0.2) is 71.8 Å². The molecule has 3 rings (SSSR count). The molecule has 1 aromatic carbocycles. The van der Waals surface area contributed by atoms with Gasteiger partial charge in [0.25, 0.3) is 5.91 Å². The highest BCUT2D eigenvalue weighted by Gasteiger charge is 2.29.